The van der Waals surface area contributed by atoms with Gasteiger partial charge in [0.25, 0.3) is 0 Å². The van der Waals surface area contributed by atoms with E-state index in [0.29, 0.717) is 5.92 Å². The van der Waals surface area contributed by atoms with Gasteiger partial charge in [0.1, 0.15) is 0 Å². The minimum absolute atomic E-state index is 0.598. The van der Waals surface area contributed by atoms with Gasteiger partial charge in [-0.15, -0.1) is 0 Å². The lowest BCUT2D eigenvalue weighted by Crippen LogP contribution is -2.04. The molecule has 0 atom stereocenters. The molecule has 0 radical (unpaired) electrons. The van der Waals surface area contributed by atoms with E-state index in [2.05, 4.69) is 45.3 Å². The van der Waals surface area contributed by atoms with Crippen molar-refractivity contribution in [3.05, 3.63) is 48.2 Å². The summed E-state index contributed by atoms with van der Waals surface area (Å²) >= 11 is 0. The van der Waals surface area contributed by atoms with E-state index in [1.165, 1.54) is 5.57 Å². The Balaban J connectivity index is 4.26. The first-order valence-corrected chi connectivity index (χ1v) is 4.89. The van der Waals surface area contributed by atoms with E-state index in [1.54, 1.807) is 0 Å². The Kier molecular flexibility index (Phi) is 5.70. The molecule has 0 aliphatic heterocycles. The van der Waals surface area contributed by atoms with Crippen molar-refractivity contribution in [1.82, 2.24) is 5.32 Å². The Morgan fingerprint density at radius 3 is 2.29 bits per heavy atom. The third-order valence-corrected chi connectivity index (χ3v) is 2.26. The lowest BCUT2D eigenvalue weighted by molar-refractivity contribution is 0.769. The molecule has 0 aliphatic rings. The molecule has 0 bridgehead atoms. The molecule has 0 unspecified atom stereocenters. The van der Waals surface area contributed by atoms with Gasteiger partial charge < -0.3 is 5.32 Å². The fraction of sp³-hybridized carbons (Fsp3) is 0.385. The van der Waals surface area contributed by atoms with Crippen molar-refractivity contribution >= 4 is 0 Å². The predicted octanol–water partition coefficient (Wildman–Crippen LogP) is 3.43. The number of hydrogen-bond donors (Lipinski definition) is 1. The quantitative estimate of drug-likeness (QED) is 0.656. The van der Waals surface area contributed by atoms with Crippen LogP contribution in [0.1, 0.15) is 20.8 Å². The number of nitrogens with one attached hydrogen (secondary N) is 1. The van der Waals surface area contributed by atoms with Gasteiger partial charge in [-0.1, -0.05) is 50.8 Å². The van der Waals surface area contributed by atoms with Gasteiger partial charge in [0.2, 0.25) is 0 Å². The molecule has 0 aromatic heterocycles. The van der Waals surface area contributed by atoms with Crippen LogP contribution in [0.5, 0.6) is 0 Å². The predicted molar refractivity (Wildman–Crippen MR) is 65.1 cm³/mol. The topological polar surface area (TPSA) is 12.0 Å². The lowest BCUT2D eigenvalue weighted by Gasteiger charge is -2.03. The van der Waals surface area contributed by atoms with E-state index >= 15 is 0 Å². The van der Waals surface area contributed by atoms with Crippen molar-refractivity contribution in [3.63, 3.8) is 0 Å². The number of hydrogen-bond acceptors (Lipinski definition) is 1. The van der Waals surface area contributed by atoms with Crippen LogP contribution in [-0.4, -0.2) is 7.05 Å². The molecule has 0 amide bonds. The second kappa shape index (κ2) is 6.25. The fourth-order valence-corrected chi connectivity index (χ4v) is 0.770. The third-order valence-electron chi connectivity index (χ3n) is 2.26. The van der Waals surface area contributed by atoms with Gasteiger partial charge in [-0.05, 0) is 18.4 Å². The Hall–Kier alpha value is -1.24. The Bertz CT molecular complexity index is 267. The minimum atomic E-state index is 0.598. The van der Waals surface area contributed by atoms with Crippen LogP contribution in [0.25, 0.3) is 0 Å². The highest BCUT2D eigenvalue weighted by Crippen LogP contribution is 2.08. The van der Waals surface area contributed by atoms with Crippen molar-refractivity contribution < 1.29 is 0 Å². The van der Waals surface area contributed by atoms with Crippen molar-refractivity contribution in [2.45, 2.75) is 20.8 Å². The van der Waals surface area contributed by atoms with Crippen LogP contribution in [0.2, 0.25) is 0 Å². The van der Waals surface area contributed by atoms with Crippen molar-refractivity contribution in [1.29, 1.82) is 0 Å². The number of allylic oxidation sites excluding steroid dienone is 4. The van der Waals surface area contributed by atoms with E-state index in [9.17, 15) is 0 Å². The van der Waals surface area contributed by atoms with Crippen LogP contribution in [0.15, 0.2) is 48.2 Å². The molecule has 14 heavy (non-hydrogen) atoms. The summed E-state index contributed by atoms with van der Waals surface area (Å²) in [6.45, 7) is 14.2. The van der Waals surface area contributed by atoms with Gasteiger partial charge in [0, 0.05) is 12.7 Å². The first-order valence-electron chi connectivity index (χ1n) is 4.89. The minimum Gasteiger partial charge on any atom is -0.388 e. The molecule has 0 spiro atoms. The Morgan fingerprint density at radius 2 is 1.86 bits per heavy atom. The fourth-order valence-electron chi connectivity index (χ4n) is 0.770. The van der Waals surface area contributed by atoms with Crippen molar-refractivity contribution in [2.24, 2.45) is 5.92 Å². The molecule has 1 N–H and O–H groups in total. The van der Waals surface area contributed by atoms with E-state index in [0.717, 1.165) is 11.3 Å². The van der Waals surface area contributed by atoms with Crippen LogP contribution in [0, 0.1) is 5.92 Å². The molecule has 0 aliphatic carbocycles. The molecule has 0 fully saturated rings. The molecule has 0 saturated heterocycles. The average Bonchev–Trinajstić information content (AvgIpc) is 2.15. The highest BCUT2D eigenvalue weighted by molar-refractivity contribution is 5.35. The standard InChI is InChI=1S/C13H21N/c1-10(2)11(3)8-7-9-12(4)13(5)14-6/h7-10,14H,4-5H2,1-3,6H3/b9-7-,11-8+. The van der Waals surface area contributed by atoms with Gasteiger partial charge in [-0.25, -0.2) is 0 Å². The van der Waals surface area contributed by atoms with Gasteiger partial charge >= 0.3 is 0 Å². The molecule has 1 nitrogen and oxygen atoms in total. The zero-order valence-electron chi connectivity index (χ0n) is 9.72. The van der Waals surface area contributed by atoms with Gasteiger partial charge in [0.05, 0.1) is 0 Å². The SMILES string of the molecule is C=C(/C=C\C=C(/C)C(C)C)C(=C)NC. The maximum absolute atomic E-state index is 3.89. The maximum Gasteiger partial charge on any atom is 0.0332 e. The van der Waals surface area contributed by atoms with Crippen LogP contribution < -0.4 is 5.32 Å². The second-order valence-corrected chi connectivity index (χ2v) is 3.68. The zero-order valence-corrected chi connectivity index (χ0v) is 9.72. The summed E-state index contributed by atoms with van der Waals surface area (Å²) in [5.41, 5.74) is 3.14. The molecule has 0 saturated carbocycles. The summed E-state index contributed by atoms with van der Waals surface area (Å²) in [6.07, 6.45) is 6.09. The van der Waals surface area contributed by atoms with E-state index in [1.807, 2.05) is 19.2 Å². The Labute approximate surface area is 87.9 Å². The van der Waals surface area contributed by atoms with Crippen LogP contribution in [0.4, 0.5) is 0 Å². The molecule has 1 heteroatoms. The van der Waals surface area contributed by atoms with Crippen LogP contribution in [0.3, 0.4) is 0 Å². The second-order valence-electron chi connectivity index (χ2n) is 3.68. The summed E-state index contributed by atoms with van der Waals surface area (Å²) in [6, 6.07) is 0. The summed E-state index contributed by atoms with van der Waals surface area (Å²) < 4.78 is 0. The number of rotatable bonds is 5. The molecule has 0 aromatic carbocycles. The molecule has 0 rings (SSSR count). The Morgan fingerprint density at radius 1 is 1.29 bits per heavy atom. The molecule has 78 valence electrons. The van der Waals surface area contributed by atoms with Gasteiger partial charge in [0.15, 0.2) is 0 Å². The summed E-state index contributed by atoms with van der Waals surface area (Å²) in [5, 5.41) is 2.96. The normalized spacial score (nSPS) is 12.2. The monoisotopic (exact) mass is 191 g/mol. The third kappa shape index (κ3) is 4.70. The number of likely N-dealkylation sites (N-methyl/N-ethyl adjacent to an activating group) is 1. The molecular weight excluding hydrogens is 170 g/mol. The summed E-state index contributed by atoms with van der Waals surface area (Å²) in [5.74, 6) is 0.598. The maximum atomic E-state index is 3.89. The highest BCUT2D eigenvalue weighted by Gasteiger charge is 1.93. The summed E-state index contributed by atoms with van der Waals surface area (Å²) in [7, 11) is 1.84. The highest BCUT2D eigenvalue weighted by atomic mass is 14.8. The van der Waals surface area contributed by atoms with Gasteiger partial charge in [-0.2, -0.15) is 0 Å². The van der Waals surface area contributed by atoms with Crippen LogP contribution >= 0.6 is 0 Å². The average molecular weight is 191 g/mol. The first kappa shape index (κ1) is 12.8. The van der Waals surface area contributed by atoms with Crippen molar-refractivity contribution in [2.75, 3.05) is 7.05 Å². The first-order chi connectivity index (χ1) is 6.49. The summed E-state index contributed by atoms with van der Waals surface area (Å²) in [4.78, 5) is 0. The largest absolute Gasteiger partial charge is 0.388 e. The molecular formula is C13H21N. The zero-order chi connectivity index (χ0) is 11.1. The van der Waals surface area contributed by atoms with Crippen LogP contribution in [-0.2, 0) is 0 Å². The molecule has 0 aromatic rings. The van der Waals surface area contributed by atoms with E-state index < -0.39 is 0 Å². The smallest absolute Gasteiger partial charge is 0.0332 e. The lowest BCUT2D eigenvalue weighted by atomic mass is 10.0. The van der Waals surface area contributed by atoms with E-state index in [-0.39, 0.29) is 0 Å². The van der Waals surface area contributed by atoms with E-state index in [4.69, 9.17) is 0 Å². The van der Waals surface area contributed by atoms with Gasteiger partial charge in [-0.3, -0.25) is 0 Å². The molecule has 0 heterocycles. The van der Waals surface area contributed by atoms with Crippen molar-refractivity contribution in [3.8, 4) is 0 Å².